The van der Waals surface area contributed by atoms with Crippen molar-refractivity contribution < 1.29 is 21.6 Å². The largest absolute Gasteiger partial charge is 0.417 e. The maximum absolute atomic E-state index is 13.2. The first-order valence-electron chi connectivity index (χ1n) is 7.15. The molecule has 0 saturated carbocycles. The first kappa shape index (κ1) is 17.3. The molecule has 2 aromatic rings. The lowest BCUT2D eigenvalue weighted by atomic mass is 10.1. The molecule has 24 heavy (non-hydrogen) atoms. The lowest BCUT2D eigenvalue weighted by Crippen LogP contribution is -2.29. The number of alkyl halides is 3. The Morgan fingerprint density at radius 2 is 1.83 bits per heavy atom. The van der Waals surface area contributed by atoms with Crippen LogP contribution >= 0.6 is 11.6 Å². The third-order valence-electron chi connectivity index (χ3n) is 3.97. The van der Waals surface area contributed by atoms with Crippen LogP contribution in [0.25, 0.3) is 0 Å². The molecule has 1 aliphatic rings. The molecule has 0 aliphatic heterocycles. The van der Waals surface area contributed by atoms with Gasteiger partial charge in [-0.15, -0.1) is 0 Å². The first-order valence-corrected chi connectivity index (χ1v) is 9.01. The van der Waals surface area contributed by atoms with E-state index in [1.54, 1.807) is 12.1 Å². The van der Waals surface area contributed by atoms with Gasteiger partial charge in [0.2, 0.25) is 10.0 Å². The number of hydrogen-bond acceptors (Lipinski definition) is 2. The van der Waals surface area contributed by atoms with Gasteiger partial charge in [-0.3, -0.25) is 0 Å². The van der Waals surface area contributed by atoms with Crippen molar-refractivity contribution in [2.75, 3.05) is 0 Å². The highest BCUT2D eigenvalue weighted by Gasteiger charge is 2.38. The Morgan fingerprint density at radius 3 is 2.54 bits per heavy atom. The molecule has 8 heteroatoms. The normalized spacial score (nSPS) is 17.8. The van der Waals surface area contributed by atoms with E-state index in [9.17, 15) is 21.6 Å². The lowest BCUT2D eigenvalue weighted by molar-refractivity contribution is -0.139. The number of aryl methyl sites for hydroxylation is 1. The average Bonchev–Trinajstić information content (AvgIpc) is 2.89. The van der Waals surface area contributed by atoms with Gasteiger partial charge in [0.05, 0.1) is 10.5 Å². The molecule has 2 aromatic carbocycles. The first-order chi connectivity index (χ1) is 11.2. The van der Waals surface area contributed by atoms with Gasteiger partial charge in [-0.1, -0.05) is 35.9 Å². The number of fused-ring (bicyclic) bond motifs is 1. The smallest absolute Gasteiger partial charge is 0.207 e. The third-order valence-corrected chi connectivity index (χ3v) is 5.73. The van der Waals surface area contributed by atoms with E-state index in [2.05, 4.69) is 4.72 Å². The van der Waals surface area contributed by atoms with Gasteiger partial charge in [0.15, 0.2) is 0 Å². The predicted octanol–water partition coefficient (Wildman–Crippen LogP) is 4.32. The molecule has 1 N–H and O–H groups in total. The number of halogens is 4. The molecule has 128 valence electrons. The SMILES string of the molecule is O=S(=O)(N[C@H]1CCc2ccccc21)c1ccc(Cl)cc1C(F)(F)F. The summed E-state index contributed by atoms with van der Waals surface area (Å²) in [7, 11) is -4.35. The van der Waals surface area contributed by atoms with E-state index >= 15 is 0 Å². The van der Waals surface area contributed by atoms with Crippen molar-refractivity contribution in [2.24, 2.45) is 0 Å². The number of sulfonamides is 1. The van der Waals surface area contributed by atoms with Gasteiger partial charge in [-0.05, 0) is 42.2 Å². The Balaban J connectivity index is 1.98. The molecule has 0 heterocycles. The van der Waals surface area contributed by atoms with Crippen molar-refractivity contribution in [3.8, 4) is 0 Å². The number of benzene rings is 2. The highest BCUT2D eigenvalue weighted by atomic mass is 35.5. The van der Waals surface area contributed by atoms with Gasteiger partial charge in [0.1, 0.15) is 0 Å². The maximum atomic E-state index is 13.2. The predicted molar refractivity (Wildman–Crippen MR) is 84.3 cm³/mol. The molecule has 0 fully saturated rings. The van der Waals surface area contributed by atoms with Gasteiger partial charge in [-0.25, -0.2) is 13.1 Å². The number of nitrogens with one attached hydrogen (secondary N) is 1. The summed E-state index contributed by atoms with van der Waals surface area (Å²) in [5, 5.41) is -0.174. The average molecular weight is 376 g/mol. The van der Waals surface area contributed by atoms with Crippen molar-refractivity contribution in [3.05, 3.63) is 64.2 Å². The topological polar surface area (TPSA) is 46.2 Å². The third kappa shape index (κ3) is 3.29. The van der Waals surface area contributed by atoms with E-state index in [1.807, 2.05) is 12.1 Å². The zero-order valence-electron chi connectivity index (χ0n) is 12.3. The summed E-state index contributed by atoms with van der Waals surface area (Å²) in [6.07, 6.45) is -3.63. The van der Waals surface area contributed by atoms with Gasteiger partial charge >= 0.3 is 6.18 Å². The van der Waals surface area contributed by atoms with Crippen molar-refractivity contribution in [3.63, 3.8) is 0 Å². The van der Waals surface area contributed by atoms with Crippen molar-refractivity contribution in [2.45, 2.75) is 30.0 Å². The van der Waals surface area contributed by atoms with E-state index < -0.39 is 32.7 Å². The maximum Gasteiger partial charge on any atom is 0.417 e. The molecule has 0 radical (unpaired) electrons. The summed E-state index contributed by atoms with van der Waals surface area (Å²) in [5.74, 6) is 0. The van der Waals surface area contributed by atoms with Crippen LogP contribution in [0.1, 0.15) is 29.2 Å². The Bertz CT molecular complexity index is 881. The Kier molecular flexibility index (Phi) is 4.36. The van der Waals surface area contributed by atoms with Crippen LogP contribution < -0.4 is 4.72 Å². The summed E-state index contributed by atoms with van der Waals surface area (Å²) in [6.45, 7) is 0. The van der Waals surface area contributed by atoms with Gasteiger partial charge in [0.25, 0.3) is 0 Å². The summed E-state index contributed by atoms with van der Waals surface area (Å²) in [6, 6.07) is 9.38. The van der Waals surface area contributed by atoms with Crippen LogP contribution in [0.4, 0.5) is 13.2 Å². The second-order valence-corrected chi connectivity index (χ2v) is 7.67. The van der Waals surface area contributed by atoms with Crippen molar-refractivity contribution in [1.82, 2.24) is 4.72 Å². The molecule has 0 spiro atoms. The molecule has 3 rings (SSSR count). The lowest BCUT2D eigenvalue weighted by Gasteiger charge is -2.18. The van der Waals surface area contributed by atoms with Crippen LogP contribution in [0, 0.1) is 0 Å². The number of rotatable bonds is 3. The molecular weight excluding hydrogens is 363 g/mol. The van der Waals surface area contributed by atoms with Gasteiger partial charge in [-0.2, -0.15) is 13.2 Å². The molecule has 1 atom stereocenters. The second-order valence-electron chi connectivity index (χ2n) is 5.55. The van der Waals surface area contributed by atoms with E-state index in [0.29, 0.717) is 18.9 Å². The minimum atomic E-state index is -4.82. The zero-order chi connectivity index (χ0) is 17.5. The summed E-state index contributed by atoms with van der Waals surface area (Å²) in [4.78, 5) is -0.816. The summed E-state index contributed by atoms with van der Waals surface area (Å²) in [5.41, 5.74) is 0.523. The van der Waals surface area contributed by atoms with E-state index in [1.165, 1.54) is 0 Å². The van der Waals surface area contributed by atoms with Crippen molar-refractivity contribution in [1.29, 1.82) is 0 Å². The highest BCUT2D eigenvalue weighted by molar-refractivity contribution is 7.89. The molecule has 3 nitrogen and oxygen atoms in total. The molecule has 1 aliphatic carbocycles. The summed E-state index contributed by atoms with van der Waals surface area (Å²) < 4.78 is 66.9. The summed E-state index contributed by atoms with van der Waals surface area (Å²) >= 11 is 5.59. The van der Waals surface area contributed by atoms with Gasteiger partial charge < -0.3 is 0 Å². The van der Waals surface area contributed by atoms with Crippen LogP contribution in [-0.2, 0) is 22.6 Å². The molecule has 0 aromatic heterocycles. The fraction of sp³-hybridized carbons (Fsp3) is 0.250. The van der Waals surface area contributed by atoms with Crippen LogP contribution in [0.15, 0.2) is 47.4 Å². The van der Waals surface area contributed by atoms with E-state index in [0.717, 1.165) is 23.3 Å². The zero-order valence-corrected chi connectivity index (χ0v) is 13.8. The second kappa shape index (κ2) is 6.06. The van der Waals surface area contributed by atoms with Crippen LogP contribution in [-0.4, -0.2) is 8.42 Å². The molecule has 0 unspecified atom stereocenters. The van der Waals surface area contributed by atoms with Crippen LogP contribution in [0.5, 0.6) is 0 Å². The van der Waals surface area contributed by atoms with Crippen LogP contribution in [0.2, 0.25) is 5.02 Å². The van der Waals surface area contributed by atoms with E-state index in [4.69, 9.17) is 11.6 Å². The van der Waals surface area contributed by atoms with E-state index in [-0.39, 0.29) is 5.02 Å². The minimum Gasteiger partial charge on any atom is -0.207 e. The molecule has 0 bridgehead atoms. The minimum absolute atomic E-state index is 0.174. The standard InChI is InChI=1S/C16H13ClF3NO2S/c17-11-6-8-15(13(9-11)16(18,19)20)24(22,23)21-14-7-5-10-3-1-2-4-12(10)14/h1-4,6,8-9,14,21H,5,7H2/t14-/m0/s1. The van der Waals surface area contributed by atoms with Crippen molar-refractivity contribution >= 4 is 21.6 Å². The Morgan fingerprint density at radius 1 is 1.12 bits per heavy atom. The monoisotopic (exact) mass is 375 g/mol. The molecular formula is C16H13ClF3NO2S. The van der Waals surface area contributed by atoms with Gasteiger partial charge in [0, 0.05) is 11.1 Å². The van der Waals surface area contributed by atoms with Crippen LogP contribution in [0.3, 0.4) is 0 Å². The fourth-order valence-electron chi connectivity index (χ4n) is 2.89. The quantitative estimate of drug-likeness (QED) is 0.868. The molecule has 0 saturated heterocycles. The Hall–Kier alpha value is -1.57. The highest BCUT2D eigenvalue weighted by Crippen LogP contribution is 2.37. The molecule has 0 amide bonds. The number of hydrogen-bond donors (Lipinski definition) is 1. The Labute approximate surface area is 142 Å². The fourth-order valence-corrected chi connectivity index (χ4v) is 4.52.